The number of hydrogen-bond acceptors (Lipinski definition) is 4. The zero-order chi connectivity index (χ0) is 14.8. The fourth-order valence-corrected chi connectivity index (χ4v) is 4.53. The highest BCUT2D eigenvalue weighted by molar-refractivity contribution is 4.98. The lowest BCUT2D eigenvalue weighted by Gasteiger charge is -2.50. The van der Waals surface area contributed by atoms with Crippen molar-refractivity contribution >= 4 is 0 Å². The fraction of sp³-hybridized carbons (Fsp3) is 1.00. The number of hydrogen-bond donors (Lipinski definition) is 2. The number of nitrogens with two attached hydrogens (primary N) is 1. The van der Waals surface area contributed by atoms with E-state index >= 15 is 0 Å². The molecule has 1 saturated heterocycles. The first kappa shape index (κ1) is 16.2. The quantitative estimate of drug-likeness (QED) is 0.612. The van der Waals surface area contributed by atoms with Crippen LogP contribution in [0.5, 0.6) is 0 Å². The van der Waals surface area contributed by atoms with E-state index in [1.165, 1.54) is 19.3 Å². The van der Waals surface area contributed by atoms with E-state index in [9.17, 15) is 0 Å². The van der Waals surface area contributed by atoms with Gasteiger partial charge in [0.15, 0.2) is 0 Å². The Morgan fingerprint density at radius 3 is 2.15 bits per heavy atom. The molecule has 0 bridgehead atoms. The summed E-state index contributed by atoms with van der Waals surface area (Å²) in [5.74, 6) is 8.30. The summed E-state index contributed by atoms with van der Waals surface area (Å²) in [7, 11) is 0. The molecule has 3 atom stereocenters. The van der Waals surface area contributed by atoms with Crippen molar-refractivity contribution in [3.05, 3.63) is 0 Å². The van der Waals surface area contributed by atoms with Crippen LogP contribution in [0.2, 0.25) is 0 Å². The lowest BCUT2D eigenvalue weighted by molar-refractivity contribution is -0.0378. The van der Waals surface area contributed by atoms with Crippen LogP contribution in [-0.2, 0) is 4.74 Å². The van der Waals surface area contributed by atoms with E-state index < -0.39 is 0 Å². The first-order valence-corrected chi connectivity index (χ1v) is 8.24. The first-order valence-electron chi connectivity index (χ1n) is 8.24. The van der Waals surface area contributed by atoms with E-state index in [2.05, 4.69) is 38.0 Å². The monoisotopic (exact) mass is 283 g/mol. The Labute approximate surface area is 124 Å². The normalized spacial score (nSPS) is 35.0. The van der Waals surface area contributed by atoms with Gasteiger partial charge in [-0.3, -0.25) is 16.2 Å². The molecule has 20 heavy (non-hydrogen) atoms. The van der Waals surface area contributed by atoms with Crippen LogP contribution >= 0.6 is 0 Å². The molecule has 0 amide bonds. The van der Waals surface area contributed by atoms with Crippen molar-refractivity contribution in [2.75, 3.05) is 26.3 Å². The van der Waals surface area contributed by atoms with Crippen molar-refractivity contribution in [2.45, 2.75) is 58.5 Å². The van der Waals surface area contributed by atoms with Gasteiger partial charge in [-0.15, -0.1) is 0 Å². The van der Waals surface area contributed by atoms with Gasteiger partial charge in [-0.25, -0.2) is 0 Å². The maximum Gasteiger partial charge on any atom is 0.0594 e. The second-order valence-electron chi connectivity index (χ2n) is 7.57. The average Bonchev–Trinajstić information content (AvgIpc) is 2.39. The molecule has 0 aromatic heterocycles. The van der Waals surface area contributed by atoms with Crippen molar-refractivity contribution in [1.82, 2.24) is 10.3 Å². The maximum atomic E-state index is 5.98. The Bertz CT molecular complexity index is 292. The summed E-state index contributed by atoms with van der Waals surface area (Å²) < 4.78 is 5.49. The molecule has 2 fully saturated rings. The highest BCUT2D eigenvalue weighted by Gasteiger charge is 2.42. The van der Waals surface area contributed by atoms with Crippen molar-refractivity contribution in [1.29, 1.82) is 0 Å². The number of hydrazine groups is 1. The molecular weight excluding hydrogens is 250 g/mol. The van der Waals surface area contributed by atoms with E-state index in [1.807, 2.05) is 0 Å². The van der Waals surface area contributed by atoms with E-state index in [0.717, 1.165) is 38.1 Å². The Balaban J connectivity index is 2.08. The molecule has 2 aliphatic rings. The second-order valence-corrected chi connectivity index (χ2v) is 7.57. The minimum atomic E-state index is 0.0833. The molecule has 0 spiro atoms. The Morgan fingerprint density at radius 2 is 1.65 bits per heavy atom. The number of morpholine rings is 1. The molecule has 1 aliphatic carbocycles. The van der Waals surface area contributed by atoms with Crippen molar-refractivity contribution in [3.8, 4) is 0 Å². The maximum absolute atomic E-state index is 5.98. The van der Waals surface area contributed by atoms with Crippen LogP contribution < -0.4 is 11.3 Å². The van der Waals surface area contributed by atoms with Gasteiger partial charge in [-0.05, 0) is 50.9 Å². The molecule has 0 aromatic rings. The Morgan fingerprint density at radius 1 is 1.10 bits per heavy atom. The zero-order valence-electron chi connectivity index (χ0n) is 13.7. The molecule has 1 saturated carbocycles. The van der Waals surface area contributed by atoms with Gasteiger partial charge in [0, 0.05) is 24.7 Å². The molecule has 2 rings (SSSR count). The summed E-state index contributed by atoms with van der Waals surface area (Å²) >= 11 is 0. The molecule has 1 aliphatic heterocycles. The van der Waals surface area contributed by atoms with Gasteiger partial charge in [0.25, 0.3) is 0 Å². The molecule has 3 unspecified atom stereocenters. The third-order valence-electron chi connectivity index (χ3n) is 5.45. The van der Waals surface area contributed by atoms with Crippen LogP contribution in [0.3, 0.4) is 0 Å². The van der Waals surface area contributed by atoms with Gasteiger partial charge in [0.1, 0.15) is 0 Å². The van der Waals surface area contributed by atoms with Crippen LogP contribution in [0.1, 0.15) is 47.0 Å². The molecule has 4 heteroatoms. The number of nitrogens with one attached hydrogen (secondary N) is 1. The SMILES string of the molecule is CC1CC(C)CC(C(NN)C(C)(C)N2CCOCC2)C1. The molecule has 0 aromatic carbocycles. The zero-order valence-corrected chi connectivity index (χ0v) is 13.7. The van der Waals surface area contributed by atoms with E-state index in [1.54, 1.807) is 0 Å². The third kappa shape index (κ3) is 3.53. The lowest BCUT2D eigenvalue weighted by Crippen LogP contribution is -2.64. The van der Waals surface area contributed by atoms with E-state index in [0.29, 0.717) is 12.0 Å². The topological polar surface area (TPSA) is 50.5 Å². The van der Waals surface area contributed by atoms with Crippen molar-refractivity contribution < 1.29 is 4.74 Å². The van der Waals surface area contributed by atoms with E-state index in [4.69, 9.17) is 10.6 Å². The molecule has 0 radical (unpaired) electrons. The smallest absolute Gasteiger partial charge is 0.0594 e. The Hall–Kier alpha value is -0.160. The van der Waals surface area contributed by atoms with Gasteiger partial charge < -0.3 is 4.74 Å². The van der Waals surface area contributed by atoms with Crippen LogP contribution in [0.4, 0.5) is 0 Å². The number of nitrogens with zero attached hydrogens (tertiary/aromatic N) is 1. The van der Waals surface area contributed by atoms with Crippen molar-refractivity contribution in [3.63, 3.8) is 0 Å². The van der Waals surface area contributed by atoms with Crippen LogP contribution in [0.15, 0.2) is 0 Å². The minimum absolute atomic E-state index is 0.0833. The highest BCUT2D eigenvalue weighted by atomic mass is 16.5. The predicted octanol–water partition coefficient (Wildman–Crippen LogP) is 2.00. The van der Waals surface area contributed by atoms with Crippen LogP contribution in [-0.4, -0.2) is 42.8 Å². The number of ether oxygens (including phenoxy) is 1. The summed E-state index contributed by atoms with van der Waals surface area (Å²) in [5, 5.41) is 0. The summed E-state index contributed by atoms with van der Waals surface area (Å²) in [6.45, 7) is 13.2. The van der Waals surface area contributed by atoms with Gasteiger partial charge in [0.05, 0.1) is 13.2 Å². The summed E-state index contributed by atoms with van der Waals surface area (Å²) in [5.41, 5.74) is 3.25. The lowest BCUT2D eigenvalue weighted by atomic mass is 9.69. The fourth-order valence-electron chi connectivity index (χ4n) is 4.53. The number of rotatable bonds is 4. The van der Waals surface area contributed by atoms with Crippen LogP contribution in [0.25, 0.3) is 0 Å². The second kappa shape index (κ2) is 6.73. The van der Waals surface area contributed by atoms with Gasteiger partial charge in [-0.2, -0.15) is 0 Å². The third-order valence-corrected chi connectivity index (χ3v) is 5.45. The predicted molar refractivity (Wildman–Crippen MR) is 83.3 cm³/mol. The van der Waals surface area contributed by atoms with Crippen LogP contribution in [0, 0.1) is 17.8 Å². The molecule has 3 N–H and O–H groups in total. The van der Waals surface area contributed by atoms with Crippen molar-refractivity contribution in [2.24, 2.45) is 23.6 Å². The van der Waals surface area contributed by atoms with Gasteiger partial charge in [-0.1, -0.05) is 13.8 Å². The van der Waals surface area contributed by atoms with Gasteiger partial charge in [0.2, 0.25) is 0 Å². The Kier molecular flexibility index (Phi) is 5.46. The minimum Gasteiger partial charge on any atom is -0.379 e. The first-order chi connectivity index (χ1) is 9.45. The van der Waals surface area contributed by atoms with Gasteiger partial charge >= 0.3 is 0 Å². The molecule has 1 heterocycles. The molecule has 4 nitrogen and oxygen atoms in total. The molecular formula is C16H33N3O. The summed E-state index contributed by atoms with van der Waals surface area (Å²) in [6, 6.07) is 0.353. The standard InChI is InChI=1S/C16H33N3O/c1-12-9-13(2)11-14(10-12)15(18-17)16(3,4)19-5-7-20-8-6-19/h12-15,18H,5-11,17H2,1-4H3. The molecule has 118 valence electrons. The largest absolute Gasteiger partial charge is 0.379 e. The average molecular weight is 283 g/mol. The van der Waals surface area contributed by atoms with E-state index in [-0.39, 0.29) is 5.54 Å². The summed E-state index contributed by atoms with van der Waals surface area (Å²) in [4.78, 5) is 2.55. The highest BCUT2D eigenvalue weighted by Crippen LogP contribution is 2.38. The summed E-state index contributed by atoms with van der Waals surface area (Å²) in [6.07, 6.45) is 3.96.